The number of benzene rings is 1. The molecule has 0 saturated carbocycles. The van der Waals surface area contributed by atoms with Crippen molar-refractivity contribution in [3.8, 4) is 0 Å². The monoisotopic (exact) mass is 288 g/mol. The third-order valence-electron chi connectivity index (χ3n) is 3.82. The molecule has 1 N–H and O–H groups in total. The zero-order valence-corrected chi connectivity index (χ0v) is 12.8. The van der Waals surface area contributed by atoms with E-state index in [1.54, 1.807) is 11.3 Å². The van der Waals surface area contributed by atoms with Crippen LogP contribution in [-0.4, -0.2) is 16.6 Å². The molecule has 1 atom stereocenters. The minimum absolute atomic E-state index is 0.0892. The molecule has 1 aliphatic rings. The lowest BCUT2D eigenvalue weighted by Gasteiger charge is -2.32. The summed E-state index contributed by atoms with van der Waals surface area (Å²) < 4.78 is 0. The molecule has 1 aromatic heterocycles. The molecule has 1 aromatic carbocycles. The molecule has 1 aliphatic heterocycles. The fourth-order valence-corrected chi connectivity index (χ4v) is 3.89. The van der Waals surface area contributed by atoms with Crippen molar-refractivity contribution in [2.24, 2.45) is 5.92 Å². The Morgan fingerprint density at radius 1 is 1.40 bits per heavy atom. The summed E-state index contributed by atoms with van der Waals surface area (Å²) in [6.45, 7) is 5.46. The van der Waals surface area contributed by atoms with Crippen molar-refractivity contribution in [3.63, 3.8) is 0 Å². The average molecular weight is 288 g/mol. The van der Waals surface area contributed by atoms with Gasteiger partial charge in [-0.3, -0.25) is 0 Å². The highest BCUT2D eigenvalue weighted by atomic mass is 32.1. The van der Waals surface area contributed by atoms with Gasteiger partial charge < -0.3 is 10.0 Å². The van der Waals surface area contributed by atoms with Crippen molar-refractivity contribution in [2.75, 3.05) is 11.4 Å². The first-order chi connectivity index (χ1) is 9.72. The zero-order chi connectivity index (χ0) is 14.1. The molecule has 0 saturated heterocycles. The molecular weight excluding hydrogens is 268 g/mol. The molecule has 0 fully saturated rings. The zero-order valence-electron chi connectivity index (χ0n) is 12.0. The SMILES string of the molecule is CCc1nc(N2CC(C)Cc3ccccc32)sc1CO. The second-order valence-electron chi connectivity index (χ2n) is 5.43. The number of hydrogen-bond donors (Lipinski definition) is 1. The van der Waals surface area contributed by atoms with Crippen LogP contribution in [0.25, 0.3) is 0 Å². The molecule has 3 nitrogen and oxygen atoms in total. The van der Waals surface area contributed by atoms with E-state index in [0.29, 0.717) is 5.92 Å². The number of aromatic nitrogens is 1. The van der Waals surface area contributed by atoms with Crippen LogP contribution in [0.3, 0.4) is 0 Å². The predicted octanol–water partition coefficient (Wildman–Crippen LogP) is 3.53. The molecule has 0 spiro atoms. The van der Waals surface area contributed by atoms with Crippen molar-refractivity contribution < 1.29 is 5.11 Å². The fraction of sp³-hybridized carbons (Fsp3) is 0.438. The summed E-state index contributed by atoms with van der Waals surface area (Å²) in [5, 5.41) is 10.5. The molecular formula is C16H20N2OS. The Bertz CT molecular complexity index is 587. The number of aliphatic hydroxyl groups is 1. The number of nitrogens with zero attached hydrogens (tertiary/aromatic N) is 2. The van der Waals surface area contributed by atoms with Crippen LogP contribution in [0.5, 0.6) is 0 Å². The molecule has 1 unspecified atom stereocenters. The number of fused-ring (bicyclic) bond motifs is 1. The maximum absolute atomic E-state index is 9.46. The van der Waals surface area contributed by atoms with Crippen LogP contribution >= 0.6 is 11.3 Å². The smallest absolute Gasteiger partial charge is 0.190 e. The van der Waals surface area contributed by atoms with Crippen molar-refractivity contribution >= 4 is 22.2 Å². The van der Waals surface area contributed by atoms with E-state index in [0.717, 1.165) is 35.1 Å². The maximum Gasteiger partial charge on any atom is 0.190 e. The first-order valence-corrected chi connectivity index (χ1v) is 7.99. The quantitative estimate of drug-likeness (QED) is 0.938. The van der Waals surface area contributed by atoms with Crippen LogP contribution in [0.15, 0.2) is 24.3 Å². The van der Waals surface area contributed by atoms with Crippen LogP contribution in [0.1, 0.15) is 30.0 Å². The van der Waals surface area contributed by atoms with Gasteiger partial charge in [0.25, 0.3) is 0 Å². The van der Waals surface area contributed by atoms with Crippen LogP contribution in [0.2, 0.25) is 0 Å². The molecule has 4 heteroatoms. The van der Waals surface area contributed by atoms with Gasteiger partial charge in [0.2, 0.25) is 0 Å². The van der Waals surface area contributed by atoms with Crippen molar-refractivity contribution in [2.45, 2.75) is 33.3 Å². The summed E-state index contributed by atoms with van der Waals surface area (Å²) in [4.78, 5) is 8.05. The van der Waals surface area contributed by atoms with Crippen LogP contribution in [0, 0.1) is 5.92 Å². The van der Waals surface area contributed by atoms with E-state index >= 15 is 0 Å². The summed E-state index contributed by atoms with van der Waals surface area (Å²) in [6, 6.07) is 8.57. The molecule has 0 bridgehead atoms. The van der Waals surface area contributed by atoms with E-state index in [4.69, 9.17) is 4.98 Å². The number of rotatable bonds is 3. The number of aryl methyl sites for hydroxylation is 1. The van der Waals surface area contributed by atoms with Crippen LogP contribution < -0.4 is 4.90 Å². The van der Waals surface area contributed by atoms with Gasteiger partial charge >= 0.3 is 0 Å². The molecule has 0 amide bonds. The Morgan fingerprint density at radius 3 is 2.90 bits per heavy atom. The highest BCUT2D eigenvalue weighted by Gasteiger charge is 2.25. The molecule has 0 aliphatic carbocycles. The Kier molecular flexibility index (Phi) is 3.76. The number of thiazole rings is 1. The summed E-state index contributed by atoms with van der Waals surface area (Å²) in [5.41, 5.74) is 3.69. The standard InChI is InChI=1S/C16H20N2OS/c1-3-13-15(10-19)20-16(17-13)18-9-11(2)8-12-6-4-5-7-14(12)18/h4-7,11,19H,3,8-10H2,1-2H3. The third-order valence-corrected chi connectivity index (χ3v) is 4.93. The van der Waals surface area contributed by atoms with Gasteiger partial charge in [0.05, 0.1) is 17.2 Å². The minimum Gasteiger partial charge on any atom is -0.391 e. The maximum atomic E-state index is 9.46. The summed E-state index contributed by atoms with van der Waals surface area (Å²) in [7, 11) is 0. The van der Waals surface area contributed by atoms with E-state index in [-0.39, 0.29) is 6.61 Å². The van der Waals surface area contributed by atoms with Gasteiger partial charge in [-0.05, 0) is 30.4 Å². The van der Waals surface area contributed by atoms with Crippen LogP contribution in [-0.2, 0) is 19.4 Å². The van der Waals surface area contributed by atoms with Gasteiger partial charge in [-0.2, -0.15) is 0 Å². The second kappa shape index (κ2) is 5.54. The molecule has 2 aromatic rings. The van der Waals surface area contributed by atoms with Crippen molar-refractivity contribution in [1.82, 2.24) is 4.98 Å². The van der Waals surface area contributed by atoms with Gasteiger partial charge in [-0.1, -0.05) is 43.4 Å². The van der Waals surface area contributed by atoms with E-state index in [1.807, 2.05) is 0 Å². The number of aliphatic hydroxyl groups excluding tert-OH is 1. The Morgan fingerprint density at radius 2 is 2.20 bits per heavy atom. The Labute approximate surface area is 123 Å². The Hall–Kier alpha value is -1.39. The summed E-state index contributed by atoms with van der Waals surface area (Å²) >= 11 is 1.62. The minimum atomic E-state index is 0.0892. The number of anilines is 2. The fourth-order valence-electron chi connectivity index (χ4n) is 2.86. The molecule has 3 rings (SSSR count). The normalized spacial score (nSPS) is 18.1. The molecule has 20 heavy (non-hydrogen) atoms. The van der Waals surface area contributed by atoms with Crippen molar-refractivity contribution in [1.29, 1.82) is 0 Å². The van der Waals surface area contributed by atoms with Gasteiger partial charge in [0.15, 0.2) is 5.13 Å². The van der Waals surface area contributed by atoms with Gasteiger partial charge in [-0.15, -0.1) is 0 Å². The molecule has 106 valence electrons. The summed E-state index contributed by atoms with van der Waals surface area (Å²) in [5.74, 6) is 0.622. The van der Waals surface area contributed by atoms with E-state index in [1.165, 1.54) is 11.3 Å². The lowest BCUT2D eigenvalue weighted by atomic mass is 9.94. The lowest BCUT2D eigenvalue weighted by molar-refractivity contribution is 0.284. The number of hydrogen-bond acceptors (Lipinski definition) is 4. The largest absolute Gasteiger partial charge is 0.391 e. The Balaban J connectivity index is 2.03. The topological polar surface area (TPSA) is 36.4 Å². The van der Waals surface area contributed by atoms with E-state index in [9.17, 15) is 5.11 Å². The number of para-hydroxylation sites is 1. The van der Waals surface area contributed by atoms with Gasteiger partial charge in [0, 0.05) is 12.2 Å². The van der Waals surface area contributed by atoms with Gasteiger partial charge in [0.1, 0.15) is 0 Å². The van der Waals surface area contributed by atoms with Crippen LogP contribution in [0.4, 0.5) is 10.8 Å². The average Bonchev–Trinajstić information content (AvgIpc) is 2.89. The summed E-state index contributed by atoms with van der Waals surface area (Å²) in [6.07, 6.45) is 2.00. The van der Waals surface area contributed by atoms with Gasteiger partial charge in [-0.25, -0.2) is 4.98 Å². The van der Waals surface area contributed by atoms with E-state index in [2.05, 4.69) is 43.0 Å². The molecule has 2 heterocycles. The highest BCUT2D eigenvalue weighted by molar-refractivity contribution is 7.15. The second-order valence-corrected chi connectivity index (χ2v) is 6.49. The third kappa shape index (κ3) is 2.34. The predicted molar refractivity (Wildman–Crippen MR) is 83.7 cm³/mol. The first-order valence-electron chi connectivity index (χ1n) is 7.17. The molecule has 0 radical (unpaired) electrons. The highest BCUT2D eigenvalue weighted by Crippen LogP contribution is 2.38. The first kappa shape index (κ1) is 13.6. The lowest BCUT2D eigenvalue weighted by Crippen LogP contribution is -2.30. The van der Waals surface area contributed by atoms with Crippen molar-refractivity contribution in [3.05, 3.63) is 40.4 Å². The van der Waals surface area contributed by atoms with E-state index < -0.39 is 0 Å².